The molecule has 0 aliphatic carbocycles. The summed E-state index contributed by atoms with van der Waals surface area (Å²) < 4.78 is 4.94. The number of hydrogen-bond donors (Lipinski definition) is 1. The maximum atomic E-state index is 5.87. The van der Waals surface area contributed by atoms with E-state index in [0.29, 0.717) is 5.25 Å². The third-order valence-electron chi connectivity index (χ3n) is 1.70. The van der Waals surface area contributed by atoms with Crippen LogP contribution in [0.4, 0.5) is 0 Å². The van der Waals surface area contributed by atoms with Crippen LogP contribution < -0.4 is 5.73 Å². The molecule has 1 aromatic rings. The van der Waals surface area contributed by atoms with Crippen molar-refractivity contribution in [2.24, 2.45) is 5.73 Å². The quantitative estimate of drug-likeness (QED) is 0.758. The molecule has 0 saturated carbocycles. The monoisotopic (exact) mass is 203 g/mol. The molecular formula is C7H13N3S2. The third kappa shape index (κ3) is 2.73. The molecule has 0 amide bonds. The molecule has 3 nitrogen and oxygen atoms in total. The van der Waals surface area contributed by atoms with Gasteiger partial charge in [0, 0.05) is 11.3 Å². The molecule has 1 rings (SSSR count). The SMILES string of the molecule is CCC(N)C(C)Sc1ncns1. The first-order valence-electron chi connectivity index (χ1n) is 3.93. The molecule has 2 atom stereocenters. The summed E-state index contributed by atoms with van der Waals surface area (Å²) in [6, 6.07) is 0.249. The maximum absolute atomic E-state index is 5.87. The zero-order valence-corrected chi connectivity index (χ0v) is 8.86. The lowest BCUT2D eigenvalue weighted by Gasteiger charge is -2.15. The van der Waals surface area contributed by atoms with Crippen LogP contribution in [0.15, 0.2) is 10.7 Å². The largest absolute Gasteiger partial charge is 0.327 e. The van der Waals surface area contributed by atoms with Crippen LogP contribution in [0, 0.1) is 0 Å². The van der Waals surface area contributed by atoms with E-state index < -0.39 is 0 Å². The van der Waals surface area contributed by atoms with Crippen LogP contribution in [0.3, 0.4) is 0 Å². The van der Waals surface area contributed by atoms with E-state index in [0.717, 1.165) is 10.8 Å². The van der Waals surface area contributed by atoms with Crippen LogP contribution in [0.2, 0.25) is 0 Å². The Morgan fingerprint density at radius 1 is 1.75 bits per heavy atom. The lowest BCUT2D eigenvalue weighted by molar-refractivity contribution is 0.642. The van der Waals surface area contributed by atoms with Gasteiger partial charge in [0.05, 0.1) is 0 Å². The average molecular weight is 203 g/mol. The van der Waals surface area contributed by atoms with Crippen molar-refractivity contribution in [2.75, 3.05) is 0 Å². The Hall–Kier alpha value is -0.130. The van der Waals surface area contributed by atoms with Gasteiger partial charge in [0.25, 0.3) is 0 Å². The Kier molecular flexibility index (Phi) is 3.97. The zero-order valence-electron chi connectivity index (χ0n) is 7.23. The Morgan fingerprint density at radius 3 is 3.00 bits per heavy atom. The lowest BCUT2D eigenvalue weighted by Crippen LogP contribution is -2.29. The topological polar surface area (TPSA) is 51.8 Å². The van der Waals surface area contributed by atoms with Crippen LogP contribution in [-0.2, 0) is 0 Å². The van der Waals surface area contributed by atoms with E-state index in [2.05, 4.69) is 23.2 Å². The fourth-order valence-electron chi connectivity index (χ4n) is 0.793. The third-order valence-corrected chi connectivity index (χ3v) is 3.70. The van der Waals surface area contributed by atoms with Crippen LogP contribution in [-0.4, -0.2) is 20.6 Å². The van der Waals surface area contributed by atoms with Crippen molar-refractivity contribution in [3.05, 3.63) is 6.33 Å². The van der Waals surface area contributed by atoms with Crippen LogP contribution in [0.1, 0.15) is 20.3 Å². The van der Waals surface area contributed by atoms with E-state index in [1.807, 2.05) is 0 Å². The van der Waals surface area contributed by atoms with E-state index in [-0.39, 0.29) is 6.04 Å². The van der Waals surface area contributed by atoms with Gasteiger partial charge in [-0.25, -0.2) is 4.98 Å². The minimum atomic E-state index is 0.249. The van der Waals surface area contributed by atoms with Gasteiger partial charge in [0.1, 0.15) is 6.33 Å². The van der Waals surface area contributed by atoms with Crippen molar-refractivity contribution in [2.45, 2.75) is 35.9 Å². The first-order chi connectivity index (χ1) is 5.74. The molecule has 0 radical (unpaired) electrons. The molecule has 2 N–H and O–H groups in total. The number of rotatable bonds is 4. The van der Waals surface area contributed by atoms with Crippen LogP contribution >= 0.6 is 23.3 Å². The van der Waals surface area contributed by atoms with Crippen molar-refractivity contribution >= 4 is 23.3 Å². The molecule has 0 aliphatic rings. The first kappa shape index (κ1) is 9.95. The highest BCUT2D eigenvalue weighted by Crippen LogP contribution is 2.25. The summed E-state index contributed by atoms with van der Waals surface area (Å²) in [6.07, 6.45) is 2.59. The van der Waals surface area contributed by atoms with Crippen molar-refractivity contribution in [3.8, 4) is 0 Å². The summed E-state index contributed by atoms with van der Waals surface area (Å²) >= 11 is 3.13. The molecule has 0 bridgehead atoms. The van der Waals surface area contributed by atoms with E-state index in [1.54, 1.807) is 18.1 Å². The number of thioether (sulfide) groups is 1. The Balaban J connectivity index is 2.41. The second kappa shape index (κ2) is 4.79. The Labute approximate surface area is 80.9 Å². The van der Waals surface area contributed by atoms with Gasteiger partial charge in [-0.2, -0.15) is 4.37 Å². The number of aromatic nitrogens is 2. The van der Waals surface area contributed by atoms with E-state index in [1.165, 1.54) is 11.5 Å². The normalized spacial score (nSPS) is 15.9. The minimum absolute atomic E-state index is 0.249. The predicted octanol–water partition coefficient (Wildman–Crippen LogP) is 1.76. The highest BCUT2D eigenvalue weighted by Gasteiger charge is 2.13. The lowest BCUT2D eigenvalue weighted by atomic mass is 10.2. The first-order valence-corrected chi connectivity index (χ1v) is 5.58. The van der Waals surface area contributed by atoms with Crippen LogP contribution in [0.5, 0.6) is 0 Å². The van der Waals surface area contributed by atoms with Crippen LogP contribution in [0.25, 0.3) is 0 Å². The van der Waals surface area contributed by atoms with Gasteiger partial charge in [-0.15, -0.1) is 0 Å². The molecule has 1 heterocycles. The van der Waals surface area contributed by atoms with Crippen molar-refractivity contribution in [1.29, 1.82) is 0 Å². The zero-order chi connectivity index (χ0) is 8.97. The van der Waals surface area contributed by atoms with E-state index in [4.69, 9.17) is 5.73 Å². The van der Waals surface area contributed by atoms with Crippen molar-refractivity contribution < 1.29 is 0 Å². The molecule has 12 heavy (non-hydrogen) atoms. The second-order valence-corrected chi connectivity index (χ2v) is 5.01. The van der Waals surface area contributed by atoms with Gasteiger partial charge < -0.3 is 5.73 Å². The summed E-state index contributed by atoms with van der Waals surface area (Å²) in [7, 11) is 0. The highest BCUT2D eigenvalue weighted by molar-refractivity contribution is 8.01. The highest BCUT2D eigenvalue weighted by atomic mass is 32.2. The summed E-state index contributed by atoms with van der Waals surface area (Å²) in [5.41, 5.74) is 5.87. The molecule has 0 aromatic carbocycles. The average Bonchev–Trinajstić information content (AvgIpc) is 2.55. The van der Waals surface area contributed by atoms with Gasteiger partial charge in [-0.3, -0.25) is 0 Å². The van der Waals surface area contributed by atoms with Gasteiger partial charge in [0.15, 0.2) is 4.34 Å². The summed E-state index contributed by atoms with van der Waals surface area (Å²) in [5.74, 6) is 0. The van der Waals surface area contributed by atoms with Crippen molar-refractivity contribution in [1.82, 2.24) is 9.36 Å². The number of nitrogens with two attached hydrogens (primary N) is 1. The number of nitrogens with zero attached hydrogens (tertiary/aromatic N) is 2. The summed E-state index contributed by atoms with van der Waals surface area (Å²) in [6.45, 7) is 4.22. The molecule has 0 saturated heterocycles. The fourth-order valence-corrected chi connectivity index (χ4v) is 2.62. The van der Waals surface area contributed by atoms with Gasteiger partial charge in [-0.05, 0) is 18.0 Å². The van der Waals surface area contributed by atoms with E-state index >= 15 is 0 Å². The minimum Gasteiger partial charge on any atom is -0.327 e. The van der Waals surface area contributed by atoms with Gasteiger partial charge >= 0.3 is 0 Å². The molecular weight excluding hydrogens is 190 g/mol. The molecule has 0 spiro atoms. The summed E-state index contributed by atoms with van der Waals surface area (Å²) in [4.78, 5) is 4.09. The standard InChI is InChI=1S/C7H13N3S2/c1-3-6(8)5(2)11-7-9-4-10-12-7/h4-6H,3,8H2,1-2H3. The second-order valence-electron chi connectivity index (χ2n) is 2.60. The smallest absolute Gasteiger partial charge is 0.170 e. The molecule has 2 unspecified atom stereocenters. The maximum Gasteiger partial charge on any atom is 0.170 e. The molecule has 0 aliphatic heterocycles. The Bertz CT molecular complexity index is 212. The van der Waals surface area contributed by atoms with Gasteiger partial charge in [-0.1, -0.05) is 25.6 Å². The Morgan fingerprint density at radius 2 is 2.50 bits per heavy atom. The summed E-state index contributed by atoms with van der Waals surface area (Å²) in [5, 5.41) is 0.419. The molecule has 68 valence electrons. The molecule has 1 aromatic heterocycles. The van der Waals surface area contributed by atoms with Crippen molar-refractivity contribution in [3.63, 3.8) is 0 Å². The van der Waals surface area contributed by atoms with E-state index in [9.17, 15) is 0 Å². The molecule has 5 heteroatoms. The number of hydrogen-bond acceptors (Lipinski definition) is 5. The predicted molar refractivity (Wildman–Crippen MR) is 53.5 cm³/mol. The van der Waals surface area contributed by atoms with Gasteiger partial charge in [0.2, 0.25) is 0 Å². The fraction of sp³-hybridized carbons (Fsp3) is 0.714. The molecule has 0 fully saturated rings.